The van der Waals surface area contributed by atoms with Crippen LogP contribution in [0.1, 0.15) is 24.8 Å². The van der Waals surface area contributed by atoms with Crippen molar-refractivity contribution in [3.05, 3.63) is 54.6 Å². The van der Waals surface area contributed by atoms with Crippen molar-refractivity contribution in [2.45, 2.75) is 18.9 Å². The molecule has 1 atom stereocenters. The molecule has 0 saturated carbocycles. The van der Waals surface area contributed by atoms with E-state index in [2.05, 4.69) is 27.1 Å². The van der Waals surface area contributed by atoms with Crippen LogP contribution >= 0.6 is 0 Å². The fourth-order valence-electron chi connectivity index (χ4n) is 3.03. The van der Waals surface area contributed by atoms with E-state index >= 15 is 0 Å². The molecule has 3 heterocycles. The van der Waals surface area contributed by atoms with Crippen molar-refractivity contribution < 1.29 is 4.52 Å². The van der Waals surface area contributed by atoms with Crippen LogP contribution in [0.4, 0.5) is 0 Å². The summed E-state index contributed by atoms with van der Waals surface area (Å²) in [5, 5.41) is 4.14. The van der Waals surface area contributed by atoms with Gasteiger partial charge in [-0.25, -0.2) is 0 Å². The number of hydrogen-bond donors (Lipinski definition) is 0. The van der Waals surface area contributed by atoms with E-state index in [0.29, 0.717) is 11.7 Å². The van der Waals surface area contributed by atoms with Crippen molar-refractivity contribution in [1.82, 2.24) is 20.0 Å². The Kier molecular flexibility index (Phi) is 3.63. The van der Waals surface area contributed by atoms with Crippen molar-refractivity contribution in [1.29, 1.82) is 0 Å². The summed E-state index contributed by atoms with van der Waals surface area (Å²) in [7, 11) is 2.10. The molecule has 0 aliphatic carbocycles. The van der Waals surface area contributed by atoms with Gasteiger partial charge < -0.3 is 4.52 Å². The molecule has 1 fully saturated rings. The Morgan fingerprint density at radius 2 is 1.91 bits per heavy atom. The average Bonchev–Trinajstić information content (AvgIpc) is 3.24. The molecule has 0 radical (unpaired) electrons. The summed E-state index contributed by atoms with van der Waals surface area (Å²) in [5.41, 5.74) is 2.99. The molecule has 4 rings (SSSR count). The first-order valence-electron chi connectivity index (χ1n) is 7.87. The van der Waals surface area contributed by atoms with Crippen molar-refractivity contribution >= 4 is 0 Å². The van der Waals surface area contributed by atoms with Gasteiger partial charge in [-0.2, -0.15) is 4.98 Å². The lowest BCUT2D eigenvalue weighted by atomic mass is 10.1. The fourth-order valence-corrected chi connectivity index (χ4v) is 3.03. The molecule has 2 aromatic heterocycles. The second-order valence-electron chi connectivity index (χ2n) is 5.89. The first-order chi connectivity index (χ1) is 11.3. The number of hydrogen-bond acceptors (Lipinski definition) is 5. The highest BCUT2D eigenvalue weighted by molar-refractivity contribution is 5.64. The SMILES string of the molecule is CN1CCCC1c1nc(-c2ccc(-c3ccccn3)cc2)no1. The average molecular weight is 306 g/mol. The van der Waals surface area contributed by atoms with Gasteiger partial charge in [-0.15, -0.1) is 0 Å². The molecule has 116 valence electrons. The molecule has 5 heteroatoms. The Balaban J connectivity index is 1.58. The molecule has 1 aromatic carbocycles. The molecular weight excluding hydrogens is 288 g/mol. The third kappa shape index (κ3) is 2.75. The second kappa shape index (κ2) is 5.93. The molecule has 1 aliphatic heterocycles. The lowest BCUT2D eigenvalue weighted by Crippen LogP contribution is -2.17. The third-order valence-electron chi connectivity index (χ3n) is 4.35. The van der Waals surface area contributed by atoms with Gasteiger partial charge in [-0.1, -0.05) is 35.5 Å². The van der Waals surface area contributed by atoms with Crippen LogP contribution in [0, 0.1) is 0 Å². The highest BCUT2D eigenvalue weighted by atomic mass is 16.5. The Labute approximate surface area is 135 Å². The number of nitrogens with zero attached hydrogens (tertiary/aromatic N) is 4. The molecule has 1 aliphatic rings. The molecule has 0 spiro atoms. The van der Waals surface area contributed by atoms with Gasteiger partial charge in [-0.05, 0) is 38.6 Å². The molecule has 1 unspecified atom stereocenters. The number of pyridine rings is 1. The second-order valence-corrected chi connectivity index (χ2v) is 5.89. The van der Waals surface area contributed by atoms with Crippen LogP contribution in [0.25, 0.3) is 22.6 Å². The predicted octanol–water partition coefficient (Wildman–Crippen LogP) is 3.57. The maximum absolute atomic E-state index is 5.47. The van der Waals surface area contributed by atoms with Gasteiger partial charge in [0.2, 0.25) is 11.7 Å². The number of likely N-dealkylation sites (tertiary alicyclic amines) is 1. The van der Waals surface area contributed by atoms with E-state index in [9.17, 15) is 0 Å². The van der Waals surface area contributed by atoms with E-state index in [-0.39, 0.29) is 6.04 Å². The molecule has 5 nitrogen and oxygen atoms in total. The topological polar surface area (TPSA) is 55.1 Å². The zero-order valence-corrected chi connectivity index (χ0v) is 13.0. The maximum atomic E-state index is 5.47. The summed E-state index contributed by atoms with van der Waals surface area (Å²) >= 11 is 0. The van der Waals surface area contributed by atoms with Gasteiger partial charge in [-0.3, -0.25) is 9.88 Å². The summed E-state index contributed by atoms with van der Waals surface area (Å²) < 4.78 is 5.47. The quantitative estimate of drug-likeness (QED) is 0.740. The Bertz CT molecular complexity index is 782. The van der Waals surface area contributed by atoms with Gasteiger partial charge in [0.25, 0.3) is 0 Å². The van der Waals surface area contributed by atoms with Crippen LogP contribution in [0.5, 0.6) is 0 Å². The van der Waals surface area contributed by atoms with Crippen molar-refractivity contribution in [2.24, 2.45) is 0 Å². The number of rotatable bonds is 3. The molecule has 0 amide bonds. The van der Waals surface area contributed by atoms with Crippen molar-refractivity contribution in [2.75, 3.05) is 13.6 Å². The Hall–Kier alpha value is -2.53. The van der Waals surface area contributed by atoms with Gasteiger partial charge in [0, 0.05) is 17.3 Å². The predicted molar refractivity (Wildman–Crippen MR) is 87.6 cm³/mol. The summed E-state index contributed by atoms with van der Waals surface area (Å²) in [6.07, 6.45) is 4.06. The normalized spacial score (nSPS) is 18.4. The highest BCUT2D eigenvalue weighted by Gasteiger charge is 2.27. The summed E-state index contributed by atoms with van der Waals surface area (Å²) in [4.78, 5) is 11.2. The lowest BCUT2D eigenvalue weighted by molar-refractivity contribution is 0.245. The summed E-state index contributed by atoms with van der Waals surface area (Å²) in [5.74, 6) is 1.36. The number of benzene rings is 1. The first kappa shape index (κ1) is 14.1. The maximum Gasteiger partial charge on any atom is 0.244 e. The number of aromatic nitrogens is 3. The molecule has 23 heavy (non-hydrogen) atoms. The summed E-state index contributed by atoms with van der Waals surface area (Å²) in [6, 6.07) is 14.2. The zero-order valence-electron chi connectivity index (χ0n) is 13.0. The Morgan fingerprint density at radius 3 is 2.61 bits per heavy atom. The van der Waals surface area contributed by atoms with Crippen LogP contribution < -0.4 is 0 Å². The van der Waals surface area contributed by atoms with Gasteiger partial charge in [0.05, 0.1) is 11.7 Å². The van der Waals surface area contributed by atoms with Gasteiger partial charge >= 0.3 is 0 Å². The molecule has 0 N–H and O–H groups in total. The van der Waals surface area contributed by atoms with Crippen LogP contribution in [-0.2, 0) is 0 Å². The van der Waals surface area contributed by atoms with Gasteiger partial charge in [0.15, 0.2) is 0 Å². The van der Waals surface area contributed by atoms with E-state index in [1.807, 2.05) is 42.5 Å². The lowest BCUT2D eigenvalue weighted by Gasteiger charge is -2.14. The van der Waals surface area contributed by atoms with Crippen molar-refractivity contribution in [3.63, 3.8) is 0 Å². The van der Waals surface area contributed by atoms with Crippen LogP contribution in [-0.4, -0.2) is 33.6 Å². The van der Waals surface area contributed by atoms with Crippen LogP contribution in [0.3, 0.4) is 0 Å². The summed E-state index contributed by atoms with van der Waals surface area (Å²) in [6.45, 7) is 1.08. The smallest absolute Gasteiger partial charge is 0.244 e. The van der Waals surface area contributed by atoms with Crippen molar-refractivity contribution in [3.8, 4) is 22.6 Å². The Morgan fingerprint density at radius 1 is 1.09 bits per heavy atom. The monoisotopic (exact) mass is 306 g/mol. The van der Waals surface area contributed by atoms with Crippen LogP contribution in [0.15, 0.2) is 53.2 Å². The fraction of sp³-hybridized carbons (Fsp3) is 0.278. The molecule has 0 bridgehead atoms. The van der Waals surface area contributed by atoms with E-state index in [1.165, 1.54) is 6.42 Å². The minimum absolute atomic E-state index is 0.254. The van der Waals surface area contributed by atoms with Crippen LogP contribution in [0.2, 0.25) is 0 Å². The zero-order chi connectivity index (χ0) is 15.6. The van der Waals surface area contributed by atoms with E-state index in [1.54, 1.807) is 6.20 Å². The molecular formula is C18H18N4O. The van der Waals surface area contributed by atoms with E-state index in [0.717, 1.165) is 29.8 Å². The molecule has 3 aromatic rings. The standard InChI is InChI=1S/C18H18N4O/c1-22-12-4-6-16(22)18-20-17(21-23-18)14-9-7-13(8-10-14)15-5-2-3-11-19-15/h2-3,5,7-11,16H,4,6,12H2,1H3. The largest absolute Gasteiger partial charge is 0.337 e. The minimum atomic E-state index is 0.254. The molecule has 1 saturated heterocycles. The van der Waals surface area contributed by atoms with E-state index < -0.39 is 0 Å². The van der Waals surface area contributed by atoms with Gasteiger partial charge in [0.1, 0.15) is 0 Å². The van der Waals surface area contributed by atoms with E-state index in [4.69, 9.17) is 4.52 Å². The first-order valence-corrected chi connectivity index (χ1v) is 7.87. The highest BCUT2D eigenvalue weighted by Crippen LogP contribution is 2.30. The third-order valence-corrected chi connectivity index (χ3v) is 4.35. The minimum Gasteiger partial charge on any atom is -0.337 e.